The lowest BCUT2D eigenvalue weighted by Crippen LogP contribution is -2.41. The molecule has 1 heterocycles. The van der Waals surface area contributed by atoms with Crippen LogP contribution in [0.25, 0.3) is 0 Å². The van der Waals surface area contributed by atoms with Crippen molar-refractivity contribution < 1.29 is 0 Å². The Morgan fingerprint density at radius 1 is 1.62 bits per heavy atom. The molecule has 2 aliphatic rings. The minimum atomic E-state index is 0.538. The average molecular weight is 175 g/mol. The molecule has 1 N–H and O–H groups in total. The van der Waals surface area contributed by atoms with Gasteiger partial charge in [0.2, 0.25) is 0 Å². The largest absolute Gasteiger partial charge is 0.306 e. The van der Waals surface area contributed by atoms with Crippen LogP contribution in [0.15, 0.2) is 36.0 Å². The molecule has 0 radical (unpaired) electrons. The second-order valence-corrected chi connectivity index (χ2v) is 4.02. The van der Waals surface area contributed by atoms with Gasteiger partial charge in [0.1, 0.15) is 0 Å². The van der Waals surface area contributed by atoms with Crippen molar-refractivity contribution in [1.29, 1.82) is 0 Å². The first-order chi connectivity index (χ1) is 6.29. The van der Waals surface area contributed by atoms with Crippen LogP contribution in [0, 0.1) is 5.92 Å². The van der Waals surface area contributed by atoms with Gasteiger partial charge in [0.15, 0.2) is 0 Å². The van der Waals surface area contributed by atoms with Crippen LogP contribution < -0.4 is 5.32 Å². The normalized spacial score (nSPS) is 32.2. The predicted octanol–water partition coefficient (Wildman–Crippen LogP) is 2.43. The molecule has 0 amide bonds. The van der Waals surface area contributed by atoms with Crippen molar-refractivity contribution in [3.05, 3.63) is 36.0 Å². The van der Waals surface area contributed by atoms with E-state index in [2.05, 4.69) is 37.0 Å². The minimum Gasteiger partial charge on any atom is -0.306 e. The molecule has 2 unspecified atom stereocenters. The Labute approximate surface area is 80.2 Å². The van der Waals surface area contributed by atoms with Crippen molar-refractivity contribution in [3.8, 4) is 0 Å². The zero-order valence-corrected chi connectivity index (χ0v) is 8.22. The van der Waals surface area contributed by atoms with E-state index in [1.165, 1.54) is 24.0 Å². The van der Waals surface area contributed by atoms with Gasteiger partial charge in [-0.1, -0.05) is 30.4 Å². The fraction of sp³-hybridized carbons (Fsp3) is 0.500. The van der Waals surface area contributed by atoms with Gasteiger partial charge in [0.25, 0.3) is 0 Å². The van der Waals surface area contributed by atoms with Crippen molar-refractivity contribution in [3.63, 3.8) is 0 Å². The van der Waals surface area contributed by atoms with Gasteiger partial charge in [-0.05, 0) is 31.3 Å². The molecule has 1 nitrogen and oxygen atoms in total. The maximum Gasteiger partial charge on any atom is 0.0385 e. The van der Waals surface area contributed by atoms with Crippen LogP contribution in [0.2, 0.25) is 0 Å². The van der Waals surface area contributed by atoms with Crippen LogP contribution in [-0.4, -0.2) is 12.6 Å². The molecule has 0 saturated carbocycles. The molecule has 0 aromatic rings. The predicted molar refractivity (Wildman–Crippen MR) is 56.6 cm³/mol. The quantitative estimate of drug-likeness (QED) is 0.603. The summed E-state index contributed by atoms with van der Waals surface area (Å²) in [6.07, 6.45) is 9.27. The molecular weight excluding hydrogens is 158 g/mol. The molecule has 1 aliphatic heterocycles. The van der Waals surface area contributed by atoms with Crippen LogP contribution in [0.4, 0.5) is 0 Å². The van der Waals surface area contributed by atoms with Crippen LogP contribution in [0.3, 0.4) is 0 Å². The zero-order chi connectivity index (χ0) is 9.26. The first-order valence-corrected chi connectivity index (χ1v) is 5.04. The number of nitrogens with one attached hydrogen (secondary N) is 1. The van der Waals surface area contributed by atoms with Gasteiger partial charge in [-0.15, -0.1) is 0 Å². The van der Waals surface area contributed by atoms with Crippen molar-refractivity contribution in [2.24, 2.45) is 5.92 Å². The summed E-state index contributed by atoms with van der Waals surface area (Å²) >= 11 is 0. The second-order valence-electron chi connectivity index (χ2n) is 4.02. The molecule has 0 aromatic heterocycles. The highest BCUT2D eigenvalue weighted by Gasteiger charge is 2.27. The second kappa shape index (κ2) is 3.51. The standard InChI is InChI=1S/C12H17N/c1-9(2)11-7-3-5-10-6-4-8-13-12(10)11/h4-6,11-13H,1,3,7-8H2,2H3. The zero-order valence-electron chi connectivity index (χ0n) is 8.22. The van der Waals surface area contributed by atoms with Crippen LogP contribution in [0.1, 0.15) is 19.8 Å². The monoisotopic (exact) mass is 175 g/mol. The summed E-state index contributed by atoms with van der Waals surface area (Å²) in [5.41, 5.74) is 2.78. The number of hydrogen-bond acceptors (Lipinski definition) is 1. The highest BCUT2D eigenvalue weighted by atomic mass is 14.9. The Hall–Kier alpha value is -0.820. The summed E-state index contributed by atoms with van der Waals surface area (Å²) in [6.45, 7) is 7.23. The van der Waals surface area contributed by atoms with E-state index in [-0.39, 0.29) is 0 Å². The maximum absolute atomic E-state index is 4.08. The van der Waals surface area contributed by atoms with E-state index in [4.69, 9.17) is 0 Å². The number of hydrogen-bond donors (Lipinski definition) is 1. The lowest BCUT2D eigenvalue weighted by atomic mass is 9.79. The maximum atomic E-state index is 4.08. The van der Waals surface area contributed by atoms with Crippen molar-refractivity contribution in [1.82, 2.24) is 5.32 Å². The van der Waals surface area contributed by atoms with Crippen LogP contribution >= 0.6 is 0 Å². The van der Waals surface area contributed by atoms with Gasteiger partial charge >= 0.3 is 0 Å². The molecule has 0 bridgehead atoms. The van der Waals surface area contributed by atoms with Crippen molar-refractivity contribution in [2.45, 2.75) is 25.8 Å². The topological polar surface area (TPSA) is 12.0 Å². The van der Waals surface area contributed by atoms with Crippen LogP contribution in [-0.2, 0) is 0 Å². The van der Waals surface area contributed by atoms with E-state index in [9.17, 15) is 0 Å². The van der Waals surface area contributed by atoms with E-state index in [0.717, 1.165) is 6.54 Å². The molecule has 1 aliphatic carbocycles. The molecule has 0 saturated heterocycles. The summed E-state index contributed by atoms with van der Waals surface area (Å²) in [6, 6.07) is 0.538. The Balaban J connectivity index is 2.24. The Bertz CT molecular complexity index is 273. The Morgan fingerprint density at radius 3 is 3.23 bits per heavy atom. The molecular formula is C12H17N. The number of fused-ring (bicyclic) bond motifs is 1. The highest BCUT2D eigenvalue weighted by Crippen LogP contribution is 2.31. The third kappa shape index (κ3) is 1.61. The lowest BCUT2D eigenvalue weighted by molar-refractivity contribution is 0.411. The number of rotatable bonds is 1. The summed E-state index contributed by atoms with van der Waals surface area (Å²) in [5, 5.41) is 3.54. The molecule has 2 atom stereocenters. The third-order valence-electron chi connectivity index (χ3n) is 3.02. The van der Waals surface area contributed by atoms with E-state index in [1.807, 2.05) is 0 Å². The summed E-state index contributed by atoms with van der Waals surface area (Å²) < 4.78 is 0. The molecule has 13 heavy (non-hydrogen) atoms. The Kier molecular flexibility index (Phi) is 2.36. The average Bonchev–Trinajstić information content (AvgIpc) is 2.17. The van der Waals surface area contributed by atoms with Gasteiger partial charge in [-0.3, -0.25) is 0 Å². The van der Waals surface area contributed by atoms with E-state index < -0.39 is 0 Å². The first kappa shape index (κ1) is 8.76. The lowest BCUT2D eigenvalue weighted by Gasteiger charge is -2.34. The summed E-state index contributed by atoms with van der Waals surface area (Å²) in [4.78, 5) is 0. The minimum absolute atomic E-state index is 0.538. The summed E-state index contributed by atoms with van der Waals surface area (Å²) in [7, 11) is 0. The van der Waals surface area contributed by atoms with Gasteiger partial charge in [0.05, 0.1) is 0 Å². The van der Waals surface area contributed by atoms with E-state index in [1.54, 1.807) is 0 Å². The molecule has 0 fully saturated rings. The van der Waals surface area contributed by atoms with Crippen molar-refractivity contribution >= 4 is 0 Å². The molecule has 2 rings (SSSR count). The molecule has 1 heteroatoms. The fourth-order valence-corrected chi connectivity index (χ4v) is 2.31. The Morgan fingerprint density at radius 2 is 2.46 bits per heavy atom. The summed E-state index contributed by atoms with van der Waals surface area (Å²) in [5.74, 6) is 0.643. The van der Waals surface area contributed by atoms with Crippen LogP contribution in [0.5, 0.6) is 0 Å². The first-order valence-electron chi connectivity index (χ1n) is 5.04. The SMILES string of the molecule is C=C(C)C1CCC=C2C=CCNC21. The molecule has 70 valence electrons. The van der Waals surface area contributed by atoms with E-state index >= 15 is 0 Å². The third-order valence-corrected chi connectivity index (χ3v) is 3.02. The smallest absolute Gasteiger partial charge is 0.0385 e. The molecule has 0 spiro atoms. The molecule has 0 aromatic carbocycles. The van der Waals surface area contributed by atoms with Gasteiger partial charge in [-0.25, -0.2) is 0 Å². The highest BCUT2D eigenvalue weighted by molar-refractivity contribution is 5.33. The fourth-order valence-electron chi connectivity index (χ4n) is 2.31. The number of allylic oxidation sites excluding steroid dienone is 1. The van der Waals surface area contributed by atoms with Gasteiger partial charge in [-0.2, -0.15) is 0 Å². The van der Waals surface area contributed by atoms with Gasteiger partial charge in [0, 0.05) is 12.6 Å². The van der Waals surface area contributed by atoms with E-state index in [0.29, 0.717) is 12.0 Å². The van der Waals surface area contributed by atoms with Gasteiger partial charge < -0.3 is 5.32 Å². The van der Waals surface area contributed by atoms with Crippen molar-refractivity contribution in [2.75, 3.05) is 6.54 Å².